The predicted octanol–water partition coefficient (Wildman–Crippen LogP) is 3.14. The van der Waals surface area contributed by atoms with Gasteiger partial charge in [0.1, 0.15) is 5.56 Å². The number of nitro benzene ring substituents is 1. The molecule has 6 nitrogen and oxygen atoms in total. The summed E-state index contributed by atoms with van der Waals surface area (Å²) in [6.07, 6.45) is -4.56. The van der Waals surface area contributed by atoms with E-state index in [0.717, 1.165) is 12.1 Å². The largest absolute Gasteiger partial charge is 0.481 e. The number of rotatable bonds is 6. The number of hydrogen-bond donors (Lipinski definition) is 2. The molecule has 0 fully saturated rings. The van der Waals surface area contributed by atoms with Crippen LogP contribution in [-0.4, -0.2) is 22.5 Å². The fourth-order valence-electron chi connectivity index (χ4n) is 1.68. The van der Waals surface area contributed by atoms with E-state index in [-0.39, 0.29) is 12.2 Å². The average Bonchev–Trinajstić information content (AvgIpc) is 2.37. The van der Waals surface area contributed by atoms with Crippen molar-refractivity contribution < 1.29 is 28.0 Å². The van der Waals surface area contributed by atoms with E-state index >= 15 is 0 Å². The Labute approximate surface area is 117 Å². The molecule has 0 amide bonds. The Bertz CT molecular complexity index is 546. The number of carbonyl (C=O) groups is 1. The van der Waals surface area contributed by atoms with Crippen molar-refractivity contribution in [3.63, 3.8) is 0 Å². The molecule has 0 spiro atoms. The molecule has 9 heteroatoms. The number of nitrogens with zero attached hydrogens (tertiary/aromatic N) is 1. The van der Waals surface area contributed by atoms with Crippen LogP contribution in [0.25, 0.3) is 0 Å². The maximum Gasteiger partial charge on any atom is 0.423 e. The topological polar surface area (TPSA) is 92.5 Å². The summed E-state index contributed by atoms with van der Waals surface area (Å²) in [4.78, 5) is 20.3. The maximum absolute atomic E-state index is 12.8. The Kier molecular flexibility index (Phi) is 5.12. The van der Waals surface area contributed by atoms with Crippen molar-refractivity contribution >= 4 is 17.3 Å². The first-order valence-corrected chi connectivity index (χ1v) is 5.99. The van der Waals surface area contributed by atoms with E-state index in [0.29, 0.717) is 12.5 Å². The van der Waals surface area contributed by atoms with Gasteiger partial charge in [-0.2, -0.15) is 13.2 Å². The molecule has 116 valence electrons. The summed E-state index contributed by atoms with van der Waals surface area (Å²) in [6, 6.07) is 2.46. The minimum absolute atomic E-state index is 0.0207. The molecule has 0 aromatic heterocycles. The molecular formula is C12H13F3N2O4. The number of benzene rings is 1. The summed E-state index contributed by atoms with van der Waals surface area (Å²) in [5.41, 5.74) is -2.44. The molecule has 0 saturated heterocycles. The normalized spacial score (nSPS) is 12.8. The first kappa shape index (κ1) is 16.7. The van der Waals surface area contributed by atoms with E-state index in [1.807, 2.05) is 0 Å². The number of carboxylic acids is 1. The Morgan fingerprint density at radius 3 is 2.52 bits per heavy atom. The Morgan fingerprint density at radius 1 is 1.48 bits per heavy atom. The number of nitro groups is 1. The molecule has 1 unspecified atom stereocenters. The van der Waals surface area contributed by atoms with Crippen molar-refractivity contribution in [1.82, 2.24) is 0 Å². The average molecular weight is 306 g/mol. The van der Waals surface area contributed by atoms with E-state index in [4.69, 9.17) is 5.11 Å². The van der Waals surface area contributed by atoms with E-state index in [1.165, 1.54) is 0 Å². The monoisotopic (exact) mass is 306 g/mol. The molecule has 1 aromatic carbocycles. The van der Waals surface area contributed by atoms with Crippen LogP contribution in [0, 0.1) is 16.0 Å². The molecule has 0 radical (unpaired) electrons. The van der Waals surface area contributed by atoms with Gasteiger partial charge in [-0.25, -0.2) is 0 Å². The van der Waals surface area contributed by atoms with Gasteiger partial charge in [-0.3, -0.25) is 14.9 Å². The second-order valence-electron chi connectivity index (χ2n) is 4.31. The molecule has 0 bridgehead atoms. The van der Waals surface area contributed by atoms with Crippen LogP contribution in [0.3, 0.4) is 0 Å². The third kappa shape index (κ3) is 4.33. The van der Waals surface area contributed by atoms with Gasteiger partial charge in [-0.1, -0.05) is 6.92 Å². The van der Waals surface area contributed by atoms with Gasteiger partial charge in [-0.05, 0) is 18.6 Å². The summed E-state index contributed by atoms with van der Waals surface area (Å²) in [5, 5.41) is 22.0. The smallest absolute Gasteiger partial charge is 0.423 e. The van der Waals surface area contributed by atoms with Crippen molar-refractivity contribution in [3.8, 4) is 0 Å². The van der Waals surface area contributed by atoms with Crippen LogP contribution in [0.5, 0.6) is 0 Å². The van der Waals surface area contributed by atoms with Crippen molar-refractivity contribution in [2.24, 2.45) is 5.92 Å². The Morgan fingerprint density at radius 2 is 2.10 bits per heavy atom. The lowest BCUT2D eigenvalue weighted by Gasteiger charge is -2.14. The molecular weight excluding hydrogens is 293 g/mol. The third-order valence-corrected chi connectivity index (χ3v) is 2.89. The minimum Gasteiger partial charge on any atom is -0.481 e. The van der Waals surface area contributed by atoms with E-state index < -0.39 is 34.2 Å². The van der Waals surface area contributed by atoms with Crippen LogP contribution in [0.2, 0.25) is 0 Å². The van der Waals surface area contributed by atoms with Gasteiger partial charge < -0.3 is 10.4 Å². The molecule has 2 N–H and O–H groups in total. The first-order valence-electron chi connectivity index (χ1n) is 5.99. The Hall–Kier alpha value is -2.32. The van der Waals surface area contributed by atoms with Gasteiger partial charge in [0.25, 0.3) is 5.69 Å². The summed E-state index contributed by atoms with van der Waals surface area (Å²) < 4.78 is 38.3. The fraction of sp³-hybridized carbons (Fsp3) is 0.417. The zero-order valence-corrected chi connectivity index (χ0v) is 11.0. The molecule has 0 aliphatic rings. The predicted molar refractivity (Wildman–Crippen MR) is 68.0 cm³/mol. The summed E-state index contributed by atoms with van der Waals surface area (Å²) in [7, 11) is 0. The highest BCUT2D eigenvalue weighted by Crippen LogP contribution is 2.37. The van der Waals surface area contributed by atoms with Crippen LogP contribution < -0.4 is 5.32 Å². The summed E-state index contributed by atoms with van der Waals surface area (Å²) >= 11 is 0. The molecule has 1 rings (SSSR count). The molecule has 0 aliphatic heterocycles. The SMILES string of the molecule is CCC(CNc1ccc([N+](=O)[O-])c(C(F)(F)F)c1)C(=O)O. The van der Waals surface area contributed by atoms with Crippen LogP contribution in [-0.2, 0) is 11.0 Å². The molecule has 1 atom stereocenters. The number of alkyl halides is 3. The fourth-order valence-corrected chi connectivity index (χ4v) is 1.68. The summed E-state index contributed by atoms with van der Waals surface area (Å²) in [5.74, 6) is -1.82. The van der Waals surface area contributed by atoms with Gasteiger partial charge in [0.05, 0.1) is 10.8 Å². The molecule has 0 heterocycles. The van der Waals surface area contributed by atoms with Gasteiger partial charge in [-0.15, -0.1) is 0 Å². The lowest BCUT2D eigenvalue weighted by molar-refractivity contribution is -0.388. The number of aliphatic carboxylic acids is 1. The lowest BCUT2D eigenvalue weighted by Crippen LogP contribution is -2.22. The quantitative estimate of drug-likeness (QED) is 0.622. The highest BCUT2D eigenvalue weighted by Gasteiger charge is 2.38. The van der Waals surface area contributed by atoms with Crippen molar-refractivity contribution in [2.45, 2.75) is 19.5 Å². The maximum atomic E-state index is 12.8. The molecule has 21 heavy (non-hydrogen) atoms. The number of halogens is 3. The highest BCUT2D eigenvalue weighted by atomic mass is 19.4. The van der Waals surface area contributed by atoms with Gasteiger partial charge in [0, 0.05) is 18.3 Å². The van der Waals surface area contributed by atoms with Crippen LogP contribution in [0.4, 0.5) is 24.5 Å². The zero-order valence-electron chi connectivity index (χ0n) is 11.0. The van der Waals surface area contributed by atoms with E-state index in [9.17, 15) is 28.1 Å². The number of anilines is 1. The summed E-state index contributed by atoms with van der Waals surface area (Å²) in [6.45, 7) is 1.57. The van der Waals surface area contributed by atoms with Gasteiger partial charge in [0.15, 0.2) is 0 Å². The first-order chi connectivity index (χ1) is 9.66. The van der Waals surface area contributed by atoms with Crippen molar-refractivity contribution in [3.05, 3.63) is 33.9 Å². The zero-order chi connectivity index (χ0) is 16.2. The number of carboxylic acid groups (broad SMARTS) is 1. The number of hydrogen-bond acceptors (Lipinski definition) is 4. The van der Waals surface area contributed by atoms with E-state index in [1.54, 1.807) is 6.92 Å². The third-order valence-electron chi connectivity index (χ3n) is 2.89. The van der Waals surface area contributed by atoms with Crippen molar-refractivity contribution in [2.75, 3.05) is 11.9 Å². The number of nitrogens with one attached hydrogen (secondary N) is 1. The second-order valence-corrected chi connectivity index (χ2v) is 4.31. The highest BCUT2D eigenvalue weighted by molar-refractivity contribution is 5.70. The van der Waals surface area contributed by atoms with Crippen LogP contribution in [0.1, 0.15) is 18.9 Å². The standard InChI is InChI=1S/C12H13F3N2O4/c1-2-7(11(18)19)6-16-8-3-4-10(17(20)21)9(5-8)12(13,14)15/h3-5,7,16H,2,6H2,1H3,(H,18,19). The van der Waals surface area contributed by atoms with E-state index in [2.05, 4.69) is 5.32 Å². The second kappa shape index (κ2) is 6.42. The molecule has 0 aliphatic carbocycles. The van der Waals surface area contributed by atoms with Crippen LogP contribution in [0.15, 0.2) is 18.2 Å². The van der Waals surface area contributed by atoms with Crippen LogP contribution >= 0.6 is 0 Å². The molecule has 0 saturated carbocycles. The molecule has 1 aromatic rings. The Balaban J connectivity index is 3.01. The minimum atomic E-state index is -4.86. The lowest BCUT2D eigenvalue weighted by atomic mass is 10.1. The van der Waals surface area contributed by atoms with Gasteiger partial charge in [0.2, 0.25) is 0 Å². The van der Waals surface area contributed by atoms with Gasteiger partial charge >= 0.3 is 12.1 Å². The van der Waals surface area contributed by atoms with Crippen molar-refractivity contribution in [1.29, 1.82) is 0 Å².